The normalized spacial score (nSPS) is 9.00. The van der Waals surface area contributed by atoms with Gasteiger partial charge in [0.15, 0.2) is 0 Å². The minimum atomic E-state index is 0.694. The first-order chi connectivity index (χ1) is 1.73. The number of hydroxylamine groups is 1. The summed E-state index contributed by atoms with van der Waals surface area (Å²) in [6, 6.07) is 0. The highest BCUT2D eigenvalue weighted by Gasteiger charge is 1.61. The topological polar surface area (TPSA) is 23.5 Å². The van der Waals surface area contributed by atoms with Gasteiger partial charge in [0, 0.05) is 7.05 Å². The highest BCUT2D eigenvalue weighted by atomic mass is 32.1. The van der Waals surface area contributed by atoms with Gasteiger partial charge in [-0.2, -0.15) is 0 Å². The molecule has 0 aromatic rings. The Bertz CT molecular complexity index is 12.8. The molecule has 3 heteroatoms. The van der Waals surface area contributed by atoms with Crippen LogP contribution in [-0.4, -0.2) is 16.7 Å². The maximum Gasteiger partial charge on any atom is 0.0237 e. The third-order valence-corrected chi connectivity index (χ3v) is 0. The summed E-state index contributed by atoms with van der Waals surface area (Å²) in [4.78, 5) is 0. The summed E-state index contributed by atoms with van der Waals surface area (Å²) in [5.41, 5.74) is 0. The zero-order chi connectivity index (χ0) is 3.58. The molecule has 0 bridgehead atoms. The molecule has 0 aliphatic carbocycles. The molecular formula is CH5NOS. The van der Waals surface area contributed by atoms with E-state index in [0.717, 1.165) is 0 Å². The number of hydrogen-bond donors (Lipinski definition) is 2. The summed E-state index contributed by atoms with van der Waals surface area (Å²) >= 11 is 3.35. The van der Waals surface area contributed by atoms with Crippen LogP contribution in [0.4, 0.5) is 0 Å². The van der Waals surface area contributed by atoms with Gasteiger partial charge in [-0.1, -0.05) is 12.8 Å². The van der Waals surface area contributed by atoms with Crippen molar-refractivity contribution in [3.63, 3.8) is 0 Å². The van der Waals surface area contributed by atoms with Gasteiger partial charge in [-0.15, -0.1) is 4.47 Å². The lowest BCUT2D eigenvalue weighted by atomic mass is 11.6. The van der Waals surface area contributed by atoms with Gasteiger partial charge >= 0.3 is 0 Å². The van der Waals surface area contributed by atoms with Gasteiger partial charge in [-0.3, -0.25) is 0 Å². The first-order valence-corrected chi connectivity index (χ1v) is 1.25. The minimum Gasteiger partial charge on any atom is -0.304 e. The molecular weight excluding hydrogens is 74.1 g/mol. The average Bonchev–Trinajstić information content (AvgIpc) is 0.811. The predicted molar refractivity (Wildman–Crippen MR) is 18.5 cm³/mol. The van der Waals surface area contributed by atoms with Crippen LogP contribution < -0.4 is 0 Å². The van der Waals surface area contributed by atoms with E-state index in [1.54, 1.807) is 0 Å². The van der Waals surface area contributed by atoms with E-state index in [2.05, 4.69) is 12.8 Å². The van der Waals surface area contributed by atoms with Gasteiger partial charge in [0.1, 0.15) is 0 Å². The average molecular weight is 79.1 g/mol. The van der Waals surface area contributed by atoms with Crippen LogP contribution in [0.2, 0.25) is 0 Å². The number of hydrogen-bond acceptors (Lipinski definition) is 3. The van der Waals surface area contributed by atoms with Gasteiger partial charge in [0.05, 0.1) is 0 Å². The summed E-state index contributed by atoms with van der Waals surface area (Å²) in [5.74, 6) is 0. The third-order valence-electron chi connectivity index (χ3n) is 0. The Morgan fingerprint density at radius 1 is 2.00 bits per heavy atom. The second kappa shape index (κ2) is 1.58. The maximum absolute atomic E-state index is 7.75. The van der Waals surface area contributed by atoms with Crippen molar-refractivity contribution in [1.29, 1.82) is 0 Å². The van der Waals surface area contributed by atoms with E-state index in [-0.39, 0.29) is 0 Å². The molecule has 4 heavy (non-hydrogen) atoms. The molecule has 2 nitrogen and oxygen atoms in total. The van der Waals surface area contributed by atoms with Crippen LogP contribution in [-0.2, 0) is 0 Å². The monoisotopic (exact) mass is 79.0 g/mol. The molecule has 0 amide bonds. The second-order valence-electron chi connectivity index (χ2n) is 0.489. The minimum absolute atomic E-state index is 0.694. The Kier molecular flexibility index (Phi) is 1.68. The van der Waals surface area contributed by atoms with Crippen molar-refractivity contribution in [2.24, 2.45) is 0 Å². The van der Waals surface area contributed by atoms with Gasteiger partial charge in [-0.25, -0.2) is 0 Å². The molecule has 0 spiro atoms. The molecule has 0 heterocycles. The molecule has 0 saturated carbocycles. The van der Waals surface area contributed by atoms with E-state index in [1.807, 2.05) is 0 Å². The molecule has 0 aromatic carbocycles. The van der Waals surface area contributed by atoms with Gasteiger partial charge in [0.2, 0.25) is 0 Å². The lowest BCUT2D eigenvalue weighted by Gasteiger charge is -1.87. The summed E-state index contributed by atoms with van der Waals surface area (Å²) < 4.78 is 0.694. The van der Waals surface area contributed by atoms with E-state index < -0.39 is 0 Å². The smallest absolute Gasteiger partial charge is 0.0237 e. The van der Waals surface area contributed by atoms with Crippen molar-refractivity contribution >= 4 is 12.8 Å². The molecule has 0 aliphatic rings. The van der Waals surface area contributed by atoms with E-state index in [1.165, 1.54) is 7.05 Å². The molecule has 0 fully saturated rings. The van der Waals surface area contributed by atoms with E-state index >= 15 is 0 Å². The summed E-state index contributed by atoms with van der Waals surface area (Å²) in [6.07, 6.45) is 0. The second-order valence-corrected chi connectivity index (χ2v) is 1.07. The Labute approximate surface area is 30.5 Å². The number of thiol groups is 1. The van der Waals surface area contributed by atoms with Crippen LogP contribution in [0.15, 0.2) is 0 Å². The Balaban J connectivity index is 2.32. The zero-order valence-electron chi connectivity index (χ0n) is 2.34. The fourth-order valence-electron chi connectivity index (χ4n) is 0. The Morgan fingerprint density at radius 2 is 2.00 bits per heavy atom. The van der Waals surface area contributed by atoms with Crippen molar-refractivity contribution in [2.75, 3.05) is 7.05 Å². The molecule has 0 saturated heterocycles. The van der Waals surface area contributed by atoms with Crippen molar-refractivity contribution in [3.05, 3.63) is 0 Å². The summed E-state index contributed by atoms with van der Waals surface area (Å²) in [6.45, 7) is 0. The van der Waals surface area contributed by atoms with Gasteiger partial charge in [-0.05, 0) is 0 Å². The summed E-state index contributed by atoms with van der Waals surface area (Å²) in [5, 5.41) is 7.75. The molecule has 0 unspecified atom stereocenters. The van der Waals surface area contributed by atoms with Crippen LogP contribution in [0, 0.1) is 0 Å². The highest BCUT2D eigenvalue weighted by Crippen LogP contribution is 1.68. The van der Waals surface area contributed by atoms with Crippen LogP contribution in [0.3, 0.4) is 0 Å². The van der Waals surface area contributed by atoms with Crippen molar-refractivity contribution in [1.82, 2.24) is 4.47 Å². The lowest BCUT2D eigenvalue weighted by molar-refractivity contribution is 0.0484. The Hall–Kier alpha value is 0.270. The van der Waals surface area contributed by atoms with E-state index in [9.17, 15) is 0 Å². The first-order valence-electron chi connectivity index (χ1n) is 0.847. The van der Waals surface area contributed by atoms with E-state index in [0.29, 0.717) is 4.47 Å². The number of rotatable bonds is 0. The maximum atomic E-state index is 7.75. The molecule has 1 N–H and O–H groups in total. The summed E-state index contributed by atoms with van der Waals surface area (Å²) in [7, 11) is 1.42. The fraction of sp³-hybridized carbons (Fsp3) is 1.00. The molecule has 0 atom stereocenters. The van der Waals surface area contributed by atoms with Crippen LogP contribution >= 0.6 is 12.8 Å². The molecule has 0 aliphatic heterocycles. The molecule has 0 aromatic heterocycles. The first kappa shape index (κ1) is 4.27. The third kappa shape index (κ3) is 50.2. The predicted octanol–water partition coefficient (Wildman–Crippen LogP) is 0.152. The van der Waals surface area contributed by atoms with Crippen LogP contribution in [0.5, 0.6) is 0 Å². The van der Waals surface area contributed by atoms with Crippen molar-refractivity contribution in [2.45, 2.75) is 0 Å². The number of nitrogens with zero attached hydrogens (tertiary/aromatic N) is 1. The van der Waals surface area contributed by atoms with Crippen molar-refractivity contribution in [3.8, 4) is 0 Å². The largest absolute Gasteiger partial charge is 0.304 e. The highest BCUT2D eigenvalue weighted by molar-refractivity contribution is 7.77. The fourth-order valence-corrected chi connectivity index (χ4v) is 0. The van der Waals surface area contributed by atoms with E-state index in [4.69, 9.17) is 5.21 Å². The van der Waals surface area contributed by atoms with Gasteiger partial charge < -0.3 is 5.21 Å². The van der Waals surface area contributed by atoms with Crippen LogP contribution in [0.1, 0.15) is 0 Å². The van der Waals surface area contributed by atoms with Crippen LogP contribution in [0.25, 0.3) is 0 Å². The molecule has 26 valence electrons. The SMILES string of the molecule is CN(O)S. The van der Waals surface area contributed by atoms with Gasteiger partial charge in [0.25, 0.3) is 0 Å². The lowest BCUT2D eigenvalue weighted by Crippen LogP contribution is -1.91. The molecule has 0 radical (unpaired) electrons. The zero-order valence-corrected chi connectivity index (χ0v) is 3.24. The Morgan fingerprint density at radius 3 is 2.00 bits per heavy atom. The quantitative estimate of drug-likeness (QED) is 0.319. The molecule has 0 rings (SSSR count). The van der Waals surface area contributed by atoms with Crippen molar-refractivity contribution < 1.29 is 5.21 Å². The standard InChI is InChI=1S/CH5NOS/c1-2(3)4/h3-4H,1H3.